The van der Waals surface area contributed by atoms with Crippen molar-refractivity contribution in [2.75, 3.05) is 7.11 Å². The molecule has 0 spiro atoms. The predicted molar refractivity (Wildman–Crippen MR) is 69.0 cm³/mol. The standard InChI is InChI=1S/C14H18N2O3/c1-19-13-5-2-9(8-15-13)14(18)16-10-3-4-11(16)7-12(17)6-10/h2,5,8,10-12,17H,3-4,6-7H2,1H3. The van der Waals surface area contributed by atoms with Gasteiger partial charge in [0.25, 0.3) is 5.91 Å². The lowest BCUT2D eigenvalue weighted by Gasteiger charge is -2.37. The van der Waals surface area contributed by atoms with Gasteiger partial charge in [-0.1, -0.05) is 0 Å². The molecule has 0 saturated carbocycles. The summed E-state index contributed by atoms with van der Waals surface area (Å²) in [4.78, 5) is 18.6. The van der Waals surface area contributed by atoms with Gasteiger partial charge in [-0.3, -0.25) is 4.79 Å². The van der Waals surface area contributed by atoms with Gasteiger partial charge in [0.2, 0.25) is 5.88 Å². The van der Waals surface area contributed by atoms with E-state index in [0.717, 1.165) is 12.8 Å². The predicted octanol–water partition coefficient (Wildman–Crippen LogP) is 1.22. The van der Waals surface area contributed by atoms with Crippen LogP contribution in [0.1, 0.15) is 36.0 Å². The zero-order chi connectivity index (χ0) is 13.4. The van der Waals surface area contributed by atoms with Crippen LogP contribution in [-0.4, -0.2) is 46.2 Å². The maximum Gasteiger partial charge on any atom is 0.255 e. The normalized spacial score (nSPS) is 29.4. The fourth-order valence-electron chi connectivity index (χ4n) is 3.26. The van der Waals surface area contributed by atoms with Crippen molar-refractivity contribution in [2.24, 2.45) is 0 Å². The Kier molecular flexibility index (Phi) is 3.14. The summed E-state index contributed by atoms with van der Waals surface area (Å²) >= 11 is 0. The summed E-state index contributed by atoms with van der Waals surface area (Å²) in [6.45, 7) is 0. The number of amides is 1. The van der Waals surface area contributed by atoms with Gasteiger partial charge in [-0.05, 0) is 31.7 Å². The Labute approximate surface area is 112 Å². The van der Waals surface area contributed by atoms with Gasteiger partial charge in [-0.2, -0.15) is 0 Å². The van der Waals surface area contributed by atoms with Crippen molar-refractivity contribution in [1.29, 1.82) is 0 Å². The largest absolute Gasteiger partial charge is 0.481 e. The molecule has 0 radical (unpaired) electrons. The van der Waals surface area contributed by atoms with Crippen molar-refractivity contribution in [3.05, 3.63) is 23.9 Å². The molecule has 2 unspecified atom stereocenters. The van der Waals surface area contributed by atoms with Crippen LogP contribution in [0.4, 0.5) is 0 Å². The molecule has 1 amide bonds. The minimum atomic E-state index is -0.254. The van der Waals surface area contributed by atoms with Crippen LogP contribution in [0.2, 0.25) is 0 Å². The number of aromatic nitrogens is 1. The van der Waals surface area contributed by atoms with Crippen molar-refractivity contribution >= 4 is 5.91 Å². The summed E-state index contributed by atoms with van der Waals surface area (Å²) in [6, 6.07) is 3.82. The van der Waals surface area contributed by atoms with Crippen molar-refractivity contribution < 1.29 is 14.6 Å². The Morgan fingerprint density at radius 2 is 2.05 bits per heavy atom. The van der Waals surface area contributed by atoms with Crippen LogP contribution in [0.3, 0.4) is 0 Å². The fraction of sp³-hybridized carbons (Fsp3) is 0.571. The molecule has 1 aromatic heterocycles. The monoisotopic (exact) mass is 262 g/mol. The molecule has 2 atom stereocenters. The highest BCUT2D eigenvalue weighted by molar-refractivity contribution is 5.94. The highest BCUT2D eigenvalue weighted by atomic mass is 16.5. The fourth-order valence-corrected chi connectivity index (χ4v) is 3.26. The molecule has 0 aliphatic carbocycles. The first-order chi connectivity index (χ1) is 9.19. The molecule has 102 valence electrons. The minimum absolute atomic E-state index is 0.0227. The third kappa shape index (κ3) is 2.18. The van der Waals surface area contributed by atoms with Crippen LogP contribution in [0, 0.1) is 0 Å². The van der Waals surface area contributed by atoms with E-state index >= 15 is 0 Å². The SMILES string of the molecule is COc1ccc(C(=O)N2C3CCC2CC(O)C3)cn1. The van der Waals surface area contributed by atoms with Crippen LogP contribution in [0.25, 0.3) is 0 Å². The molecule has 0 aromatic carbocycles. The number of carbonyl (C=O) groups excluding carboxylic acids is 1. The van der Waals surface area contributed by atoms with E-state index in [2.05, 4.69) is 4.98 Å². The third-order valence-electron chi connectivity index (χ3n) is 4.14. The molecule has 3 heterocycles. The highest BCUT2D eigenvalue weighted by Gasteiger charge is 2.42. The number of methoxy groups -OCH3 is 1. The van der Waals surface area contributed by atoms with E-state index in [1.54, 1.807) is 25.4 Å². The number of pyridine rings is 1. The second kappa shape index (κ2) is 4.81. The van der Waals surface area contributed by atoms with Crippen LogP contribution >= 0.6 is 0 Å². The topological polar surface area (TPSA) is 62.7 Å². The Morgan fingerprint density at radius 1 is 1.37 bits per heavy atom. The van der Waals surface area contributed by atoms with E-state index < -0.39 is 0 Å². The molecule has 2 aliphatic rings. The molecule has 2 saturated heterocycles. The highest BCUT2D eigenvalue weighted by Crippen LogP contribution is 2.36. The summed E-state index contributed by atoms with van der Waals surface area (Å²) in [7, 11) is 1.55. The Morgan fingerprint density at radius 3 is 2.58 bits per heavy atom. The van der Waals surface area contributed by atoms with Crippen LogP contribution in [0.5, 0.6) is 5.88 Å². The lowest BCUT2D eigenvalue weighted by molar-refractivity contribution is 0.0286. The van der Waals surface area contributed by atoms with Gasteiger partial charge in [0, 0.05) is 24.3 Å². The average Bonchev–Trinajstić information content (AvgIpc) is 2.70. The maximum atomic E-state index is 12.5. The molecule has 2 bridgehead atoms. The first-order valence-electron chi connectivity index (χ1n) is 6.70. The van der Waals surface area contributed by atoms with Gasteiger partial charge in [0.05, 0.1) is 18.8 Å². The number of aliphatic hydroxyl groups excluding tert-OH is 1. The molecule has 5 nitrogen and oxygen atoms in total. The maximum absolute atomic E-state index is 12.5. The van der Waals surface area contributed by atoms with Crippen LogP contribution in [-0.2, 0) is 0 Å². The zero-order valence-electron chi connectivity index (χ0n) is 11.0. The number of carbonyl (C=O) groups is 1. The van der Waals surface area contributed by atoms with E-state index in [4.69, 9.17) is 4.74 Å². The lowest BCUT2D eigenvalue weighted by Crippen LogP contribution is -2.48. The minimum Gasteiger partial charge on any atom is -0.481 e. The van der Waals surface area contributed by atoms with Crippen molar-refractivity contribution in [1.82, 2.24) is 9.88 Å². The van der Waals surface area contributed by atoms with Crippen molar-refractivity contribution in [2.45, 2.75) is 43.9 Å². The molecular weight excluding hydrogens is 244 g/mol. The first kappa shape index (κ1) is 12.4. The summed E-state index contributed by atoms with van der Waals surface area (Å²) in [5.74, 6) is 0.531. The second-order valence-corrected chi connectivity index (χ2v) is 5.31. The third-order valence-corrected chi connectivity index (χ3v) is 4.14. The number of ether oxygens (including phenoxy) is 1. The molecule has 5 heteroatoms. The van der Waals surface area contributed by atoms with Crippen molar-refractivity contribution in [3.8, 4) is 5.88 Å². The summed E-state index contributed by atoms with van der Waals surface area (Å²) in [5, 5.41) is 9.76. The van der Waals surface area contributed by atoms with Crippen molar-refractivity contribution in [3.63, 3.8) is 0 Å². The zero-order valence-corrected chi connectivity index (χ0v) is 11.0. The van der Waals surface area contributed by atoms with E-state index in [1.807, 2.05) is 4.90 Å². The van der Waals surface area contributed by atoms with E-state index in [9.17, 15) is 9.90 Å². The van der Waals surface area contributed by atoms with Crippen LogP contribution < -0.4 is 4.74 Å². The number of hydrogen-bond acceptors (Lipinski definition) is 4. The van der Waals surface area contributed by atoms with Gasteiger partial charge in [0.15, 0.2) is 0 Å². The summed E-state index contributed by atoms with van der Waals surface area (Å²) < 4.78 is 4.99. The number of hydrogen-bond donors (Lipinski definition) is 1. The summed E-state index contributed by atoms with van der Waals surface area (Å²) in [6.07, 6.45) is 4.70. The molecule has 1 aromatic rings. The number of rotatable bonds is 2. The number of fused-ring (bicyclic) bond motifs is 2. The number of nitrogens with zero attached hydrogens (tertiary/aromatic N) is 2. The van der Waals surface area contributed by atoms with Gasteiger partial charge in [-0.25, -0.2) is 4.98 Å². The first-order valence-corrected chi connectivity index (χ1v) is 6.70. The smallest absolute Gasteiger partial charge is 0.255 e. The van der Waals surface area contributed by atoms with Gasteiger partial charge < -0.3 is 14.7 Å². The summed E-state index contributed by atoms with van der Waals surface area (Å²) in [5.41, 5.74) is 0.592. The molecular formula is C14H18N2O3. The Hall–Kier alpha value is -1.62. The molecule has 2 aliphatic heterocycles. The average molecular weight is 262 g/mol. The number of piperidine rings is 1. The number of aliphatic hydroxyl groups is 1. The van der Waals surface area contributed by atoms with Gasteiger partial charge >= 0.3 is 0 Å². The van der Waals surface area contributed by atoms with E-state index in [1.165, 1.54) is 0 Å². The van der Waals surface area contributed by atoms with Gasteiger partial charge in [-0.15, -0.1) is 0 Å². The molecule has 1 N–H and O–H groups in total. The van der Waals surface area contributed by atoms with E-state index in [-0.39, 0.29) is 24.1 Å². The Balaban J connectivity index is 1.80. The van der Waals surface area contributed by atoms with Crippen LogP contribution in [0.15, 0.2) is 18.3 Å². The Bertz CT molecular complexity index is 460. The molecule has 19 heavy (non-hydrogen) atoms. The van der Waals surface area contributed by atoms with Gasteiger partial charge in [0.1, 0.15) is 0 Å². The molecule has 3 rings (SSSR count). The van der Waals surface area contributed by atoms with E-state index in [0.29, 0.717) is 24.3 Å². The second-order valence-electron chi connectivity index (χ2n) is 5.31. The quantitative estimate of drug-likeness (QED) is 0.870. The lowest BCUT2D eigenvalue weighted by atomic mass is 9.99. The molecule has 2 fully saturated rings.